The molecule has 0 aliphatic heterocycles. The van der Waals surface area contributed by atoms with Crippen molar-refractivity contribution in [1.82, 2.24) is 9.13 Å². The van der Waals surface area contributed by atoms with Gasteiger partial charge in [0.15, 0.2) is 0 Å². The lowest BCUT2D eigenvalue weighted by molar-refractivity contribution is 0.661. The van der Waals surface area contributed by atoms with Gasteiger partial charge in [0.25, 0.3) is 0 Å². The van der Waals surface area contributed by atoms with Crippen LogP contribution in [0.25, 0.3) is 109 Å². The lowest BCUT2D eigenvalue weighted by atomic mass is 9.82. The maximum absolute atomic E-state index is 2.58. The number of rotatable bonds is 6. The number of allylic oxidation sites excluding steroid dienone is 4. The van der Waals surface area contributed by atoms with E-state index < -0.39 is 0 Å². The van der Waals surface area contributed by atoms with E-state index in [9.17, 15) is 0 Å². The summed E-state index contributed by atoms with van der Waals surface area (Å²) in [5, 5.41) is 7.70. The average Bonchev–Trinajstić information content (AvgIpc) is 4.01. The molecule has 0 amide bonds. The predicted molar refractivity (Wildman–Crippen MR) is 264 cm³/mol. The molecule has 0 fully saturated rings. The molecule has 0 N–H and O–H groups in total. The molecule has 0 unspecified atom stereocenters. The first-order chi connectivity index (χ1) is 30.0. The summed E-state index contributed by atoms with van der Waals surface area (Å²) < 4.78 is 7.64. The normalized spacial score (nSPS) is 13.8. The topological polar surface area (TPSA) is 9.86 Å². The molecule has 0 saturated heterocycles. The Morgan fingerprint density at radius 3 is 2.08 bits per heavy atom. The van der Waals surface area contributed by atoms with Crippen LogP contribution in [0.15, 0.2) is 182 Å². The van der Waals surface area contributed by atoms with Gasteiger partial charge in [0.2, 0.25) is 0 Å². The number of hydrogen-bond acceptors (Lipinski definition) is 1. The first kappa shape index (κ1) is 36.0. The van der Waals surface area contributed by atoms with Crippen molar-refractivity contribution in [1.29, 1.82) is 0 Å². The lowest BCUT2D eigenvalue weighted by Gasteiger charge is -2.22. The highest BCUT2D eigenvalue weighted by atomic mass is 32.1. The van der Waals surface area contributed by atoms with Gasteiger partial charge in [-0.25, -0.2) is 0 Å². The lowest BCUT2D eigenvalue weighted by Crippen LogP contribution is -2.15. The fraction of sp³-hybridized carbons (Fsp3) is 0.103. The van der Waals surface area contributed by atoms with Crippen molar-refractivity contribution >= 4 is 80.8 Å². The fourth-order valence-corrected chi connectivity index (χ4v) is 11.8. The SMILES string of the molecule is C/C=C(\C=C/CC)n1c2ccccc2c2c(-c3ccc(-c4cccc5c4sc4ccccc45)c(-n4c5ccccc5c5cc6c(cc54)C(C)(C)c4ccccc4-6)c3)cccc21. The number of nitrogens with zero attached hydrogens (tertiary/aromatic N) is 2. The summed E-state index contributed by atoms with van der Waals surface area (Å²) in [6.45, 7) is 9.11. The number of thiophene rings is 1. The van der Waals surface area contributed by atoms with Gasteiger partial charge < -0.3 is 9.13 Å². The third-order valence-corrected chi connectivity index (χ3v) is 14.6. The van der Waals surface area contributed by atoms with E-state index in [4.69, 9.17) is 0 Å². The molecule has 12 rings (SSSR count). The molecular formula is C58H44N2S. The summed E-state index contributed by atoms with van der Waals surface area (Å²) in [5.41, 5.74) is 17.5. The Kier molecular flexibility index (Phi) is 7.98. The fourth-order valence-electron chi connectivity index (χ4n) is 10.6. The van der Waals surface area contributed by atoms with E-state index in [0.717, 1.165) is 6.42 Å². The van der Waals surface area contributed by atoms with Crippen LogP contribution in [0.2, 0.25) is 0 Å². The minimum atomic E-state index is -0.128. The van der Waals surface area contributed by atoms with Crippen LogP contribution in [0.4, 0.5) is 0 Å². The monoisotopic (exact) mass is 800 g/mol. The summed E-state index contributed by atoms with van der Waals surface area (Å²) in [7, 11) is 0. The van der Waals surface area contributed by atoms with E-state index in [1.807, 2.05) is 11.3 Å². The van der Waals surface area contributed by atoms with Gasteiger partial charge in [0.1, 0.15) is 0 Å². The zero-order chi connectivity index (χ0) is 41.0. The van der Waals surface area contributed by atoms with E-state index in [-0.39, 0.29) is 5.41 Å². The van der Waals surface area contributed by atoms with Gasteiger partial charge in [-0.15, -0.1) is 11.3 Å². The Bertz CT molecular complexity index is 3670. The number of benzene rings is 8. The molecule has 292 valence electrons. The molecule has 61 heavy (non-hydrogen) atoms. The van der Waals surface area contributed by atoms with Crippen molar-refractivity contribution in [3.63, 3.8) is 0 Å². The molecule has 2 nitrogen and oxygen atoms in total. The maximum Gasteiger partial charge on any atom is 0.0547 e. The van der Waals surface area contributed by atoms with Crippen LogP contribution in [0.3, 0.4) is 0 Å². The zero-order valence-corrected chi connectivity index (χ0v) is 35.6. The summed E-state index contributed by atoms with van der Waals surface area (Å²) >= 11 is 1.90. The molecule has 0 bridgehead atoms. The van der Waals surface area contributed by atoms with Crippen LogP contribution in [0.5, 0.6) is 0 Å². The zero-order valence-electron chi connectivity index (χ0n) is 34.8. The van der Waals surface area contributed by atoms with Crippen LogP contribution in [0, 0.1) is 0 Å². The van der Waals surface area contributed by atoms with Crippen LogP contribution >= 0.6 is 11.3 Å². The maximum atomic E-state index is 2.58. The van der Waals surface area contributed by atoms with Crippen LogP contribution in [-0.4, -0.2) is 9.13 Å². The molecule has 8 aromatic carbocycles. The second-order valence-electron chi connectivity index (χ2n) is 17.0. The Morgan fingerprint density at radius 1 is 0.541 bits per heavy atom. The Hall–Kier alpha value is -6.94. The van der Waals surface area contributed by atoms with Crippen molar-refractivity contribution < 1.29 is 0 Å². The van der Waals surface area contributed by atoms with E-state index in [2.05, 4.69) is 219 Å². The Balaban J connectivity index is 1.19. The van der Waals surface area contributed by atoms with Gasteiger partial charge in [-0.05, 0) is 95.3 Å². The molecule has 0 radical (unpaired) electrons. The summed E-state index contributed by atoms with van der Waals surface area (Å²) in [6, 6.07) is 61.7. The predicted octanol–water partition coefficient (Wildman–Crippen LogP) is 16.7. The third-order valence-electron chi connectivity index (χ3n) is 13.4. The van der Waals surface area contributed by atoms with Crippen molar-refractivity contribution in [3.8, 4) is 39.1 Å². The smallest absolute Gasteiger partial charge is 0.0547 e. The number of hydrogen-bond donors (Lipinski definition) is 0. The van der Waals surface area contributed by atoms with E-state index >= 15 is 0 Å². The van der Waals surface area contributed by atoms with E-state index in [1.54, 1.807) is 0 Å². The van der Waals surface area contributed by atoms with E-state index in [1.165, 1.54) is 120 Å². The Morgan fingerprint density at radius 2 is 1.23 bits per heavy atom. The highest BCUT2D eigenvalue weighted by Gasteiger charge is 2.36. The van der Waals surface area contributed by atoms with Crippen LogP contribution in [0.1, 0.15) is 45.2 Å². The third kappa shape index (κ3) is 5.14. The second kappa shape index (κ2) is 13.5. The van der Waals surface area contributed by atoms with Crippen molar-refractivity contribution in [3.05, 3.63) is 193 Å². The molecule has 3 aromatic heterocycles. The molecule has 3 heterocycles. The summed E-state index contributed by atoms with van der Waals surface area (Å²) in [4.78, 5) is 0. The van der Waals surface area contributed by atoms with Crippen LogP contribution in [-0.2, 0) is 5.41 Å². The molecule has 0 atom stereocenters. The molecule has 1 aliphatic carbocycles. The minimum absolute atomic E-state index is 0.128. The molecular weight excluding hydrogens is 757 g/mol. The van der Waals surface area contributed by atoms with Crippen LogP contribution < -0.4 is 0 Å². The minimum Gasteiger partial charge on any atom is -0.310 e. The molecule has 1 aliphatic rings. The van der Waals surface area contributed by atoms with E-state index in [0.29, 0.717) is 0 Å². The first-order valence-corrected chi connectivity index (χ1v) is 22.4. The van der Waals surface area contributed by atoms with Crippen molar-refractivity contribution in [2.45, 2.75) is 39.5 Å². The molecule has 3 heteroatoms. The average molecular weight is 801 g/mol. The molecule has 0 saturated carbocycles. The number of para-hydroxylation sites is 2. The highest BCUT2D eigenvalue weighted by molar-refractivity contribution is 7.26. The quantitative estimate of drug-likeness (QED) is 0.148. The van der Waals surface area contributed by atoms with Crippen molar-refractivity contribution in [2.24, 2.45) is 0 Å². The summed E-state index contributed by atoms with van der Waals surface area (Å²) in [6.07, 6.45) is 7.73. The van der Waals surface area contributed by atoms with Gasteiger partial charge in [-0.1, -0.05) is 154 Å². The molecule has 0 spiro atoms. The first-order valence-electron chi connectivity index (χ1n) is 21.5. The second-order valence-corrected chi connectivity index (χ2v) is 18.1. The van der Waals surface area contributed by atoms with Gasteiger partial charge in [0.05, 0.1) is 27.8 Å². The standard InChI is InChI=1S/C58H44N2S/c1-5-7-18-37(6-2)59-51-28-14-10-22-45(51)56-38(23-17-29-52(56)59)36-31-32-41(43-24-16-25-44-42-21-11-15-30-55(42)61-57(43)44)53(33-36)60-50-27-13-9-20-40(50)47-34-46-39-19-8-12-26-48(39)58(3,4)49(46)35-54(47)60/h6-35H,5H2,1-4H3/b18-7-,37-6+. The van der Waals surface area contributed by atoms with Gasteiger partial charge in [0, 0.05) is 64.0 Å². The summed E-state index contributed by atoms with van der Waals surface area (Å²) in [5.74, 6) is 0. The number of aromatic nitrogens is 2. The van der Waals surface area contributed by atoms with Gasteiger partial charge >= 0.3 is 0 Å². The highest BCUT2D eigenvalue weighted by Crippen LogP contribution is 2.52. The molecule has 11 aromatic rings. The Labute approximate surface area is 359 Å². The number of fused-ring (bicyclic) bond motifs is 12. The van der Waals surface area contributed by atoms with Gasteiger partial charge in [-0.3, -0.25) is 0 Å². The largest absolute Gasteiger partial charge is 0.310 e. The van der Waals surface area contributed by atoms with Crippen molar-refractivity contribution in [2.75, 3.05) is 0 Å². The van der Waals surface area contributed by atoms with Gasteiger partial charge in [-0.2, -0.15) is 0 Å².